The van der Waals surface area contributed by atoms with Crippen molar-refractivity contribution in [3.8, 4) is 5.75 Å². The summed E-state index contributed by atoms with van der Waals surface area (Å²) in [5.41, 5.74) is 1.14. The van der Waals surface area contributed by atoms with E-state index in [0.29, 0.717) is 0 Å². The van der Waals surface area contributed by atoms with Crippen molar-refractivity contribution in [1.82, 2.24) is 25.0 Å². The Bertz CT molecular complexity index is 785. The molecule has 0 fully saturated rings. The summed E-state index contributed by atoms with van der Waals surface area (Å²) in [6.07, 6.45) is 6.75. The van der Waals surface area contributed by atoms with Gasteiger partial charge in [0.2, 0.25) is 0 Å². The number of aryl methyl sites for hydroxylation is 2. The van der Waals surface area contributed by atoms with E-state index in [1.807, 2.05) is 32.3 Å². The second-order valence-electron chi connectivity index (χ2n) is 7.24. The van der Waals surface area contributed by atoms with E-state index in [1.165, 1.54) is 19.3 Å². The minimum Gasteiger partial charge on any atom is -0.496 e. The van der Waals surface area contributed by atoms with Gasteiger partial charge in [-0.25, -0.2) is 0 Å². The molecule has 1 aliphatic rings. The molecular weight excluding hydrogens is 352 g/mol. The maximum absolute atomic E-state index is 5.45. The number of ether oxygens (including phenoxy) is 1. The minimum atomic E-state index is 0.737. The van der Waals surface area contributed by atoms with Gasteiger partial charge in [-0.1, -0.05) is 24.6 Å². The molecule has 1 aliphatic heterocycles. The first kappa shape index (κ1) is 20.2. The third-order valence-electron chi connectivity index (χ3n) is 5.22. The van der Waals surface area contributed by atoms with Crippen molar-refractivity contribution in [2.24, 2.45) is 4.99 Å². The van der Waals surface area contributed by atoms with E-state index in [-0.39, 0.29) is 0 Å². The lowest BCUT2D eigenvalue weighted by Gasteiger charge is -2.23. The lowest BCUT2D eigenvalue weighted by atomic mass is 10.2. The fourth-order valence-corrected chi connectivity index (χ4v) is 3.73. The summed E-state index contributed by atoms with van der Waals surface area (Å²) in [4.78, 5) is 6.53. The van der Waals surface area contributed by atoms with Crippen LogP contribution in [0.25, 0.3) is 0 Å². The van der Waals surface area contributed by atoms with E-state index < -0.39 is 0 Å². The zero-order valence-corrected chi connectivity index (χ0v) is 17.3. The van der Waals surface area contributed by atoms with Crippen LogP contribution < -0.4 is 10.1 Å². The molecule has 3 rings (SSSR count). The number of benzene rings is 1. The van der Waals surface area contributed by atoms with Crippen LogP contribution in [0, 0.1) is 0 Å². The molecule has 0 amide bonds. The van der Waals surface area contributed by atoms with Crippen LogP contribution in [0.15, 0.2) is 29.3 Å². The lowest BCUT2D eigenvalue weighted by Crippen LogP contribution is -2.39. The van der Waals surface area contributed by atoms with E-state index >= 15 is 0 Å². The highest BCUT2D eigenvalue weighted by atomic mass is 16.5. The molecule has 1 aromatic heterocycles. The highest BCUT2D eigenvalue weighted by molar-refractivity contribution is 5.79. The maximum atomic E-state index is 5.45. The second kappa shape index (κ2) is 10.1. The van der Waals surface area contributed by atoms with Crippen LogP contribution in [-0.2, 0) is 25.9 Å². The summed E-state index contributed by atoms with van der Waals surface area (Å²) in [7, 11) is 5.57. The number of fused-ring (bicyclic) bond motifs is 1. The van der Waals surface area contributed by atoms with Crippen molar-refractivity contribution in [3.63, 3.8) is 0 Å². The summed E-state index contributed by atoms with van der Waals surface area (Å²) < 4.78 is 7.78. The molecule has 7 heteroatoms. The Morgan fingerprint density at radius 2 is 2.11 bits per heavy atom. The fourth-order valence-electron chi connectivity index (χ4n) is 3.73. The van der Waals surface area contributed by atoms with Crippen LogP contribution >= 0.6 is 0 Å². The number of aliphatic imine (C=N–C) groups is 1. The number of nitrogens with zero attached hydrogens (tertiary/aromatic N) is 5. The van der Waals surface area contributed by atoms with E-state index in [0.717, 1.165) is 67.8 Å². The Labute approximate surface area is 167 Å². The summed E-state index contributed by atoms with van der Waals surface area (Å²) >= 11 is 0. The molecular formula is C21H32N6O. The molecule has 0 saturated carbocycles. The van der Waals surface area contributed by atoms with Crippen molar-refractivity contribution in [1.29, 1.82) is 0 Å². The van der Waals surface area contributed by atoms with Crippen molar-refractivity contribution in [2.45, 2.75) is 51.6 Å². The van der Waals surface area contributed by atoms with Gasteiger partial charge in [-0.05, 0) is 25.3 Å². The van der Waals surface area contributed by atoms with Gasteiger partial charge >= 0.3 is 0 Å². The first-order valence-electron chi connectivity index (χ1n) is 10.2. The molecule has 1 aromatic carbocycles. The van der Waals surface area contributed by atoms with Gasteiger partial charge in [-0.3, -0.25) is 4.99 Å². The molecule has 0 unspecified atom stereocenters. The first-order chi connectivity index (χ1) is 13.7. The molecule has 28 heavy (non-hydrogen) atoms. The van der Waals surface area contributed by atoms with Gasteiger partial charge in [-0.15, -0.1) is 10.2 Å². The zero-order valence-electron chi connectivity index (χ0n) is 17.3. The number of hydrogen-bond acceptors (Lipinski definition) is 4. The van der Waals surface area contributed by atoms with Crippen LogP contribution in [0.5, 0.6) is 5.75 Å². The number of hydrogen-bond donors (Lipinski definition) is 1. The quantitative estimate of drug-likeness (QED) is 0.452. The van der Waals surface area contributed by atoms with Crippen LogP contribution in [0.4, 0.5) is 0 Å². The molecule has 0 saturated heterocycles. The van der Waals surface area contributed by atoms with Crippen LogP contribution in [0.3, 0.4) is 0 Å². The summed E-state index contributed by atoms with van der Waals surface area (Å²) in [6.45, 7) is 2.65. The number of guanidine groups is 1. The highest BCUT2D eigenvalue weighted by Crippen LogP contribution is 2.19. The number of methoxy groups -OCH3 is 1. The Kier molecular flexibility index (Phi) is 7.28. The van der Waals surface area contributed by atoms with Gasteiger partial charge in [0.1, 0.15) is 17.4 Å². The summed E-state index contributed by atoms with van der Waals surface area (Å²) in [5, 5.41) is 12.3. The smallest absolute Gasteiger partial charge is 0.193 e. The number of nitrogens with one attached hydrogen (secondary N) is 1. The van der Waals surface area contributed by atoms with E-state index in [1.54, 1.807) is 7.11 Å². The van der Waals surface area contributed by atoms with Gasteiger partial charge in [0, 0.05) is 52.1 Å². The summed E-state index contributed by atoms with van der Waals surface area (Å²) in [6, 6.07) is 8.09. The Morgan fingerprint density at radius 3 is 2.93 bits per heavy atom. The summed E-state index contributed by atoms with van der Waals surface area (Å²) in [5.74, 6) is 4.06. The van der Waals surface area contributed by atoms with Crippen LogP contribution in [0.1, 0.15) is 42.9 Å². The SMILES string of the molecule is CN=C(NCCCc1nnc2n1CCCCC2)N(C)Cc1ccccc1OC. The Morgan fingerprint density at radius 1 is 1.25 bits per heavy atom. The molecule has 152 valence electrons. The first-order valence-corrected chi connectivity index (χ1v) is 10.2. The van der Waals surface area contributed by atoms with Gasteiger partial charge < -0.3 is 19.5 Å². The second-order valence-corrected chi connectivity index (χ2v) is 7.24. The number of rotatable bonds is 7. The average Bonchev–Trinajstić information content (AvgIpc) is 2.94. The molecule has 2 heterocycles. The monoisotopic (exact) mass is 384 g/mol. The molecule has 1 N–H and O–H groups in total. The van der Waals surface area contributed by atoms with Gasteiger partial charge in [0.15, 0.2) is 5.96 Å². The predicted octanol–water partition coefficient (Wildman–Crippen LogP) is 2.65. The van der Waals surface area contributed by atoms with E-state index in [4.69, 9.17) is 4.74 Å². The predicted molar refractivity (Wildman–Crippen MR) is 112 cm³/mol. The normalized spacial score (nSPS) is 14.3. The molecule has 0 radical (unpaired) electrons. The lowest BCUT2D eigenvalue weighted by molar-refractivity contribution is 0.396. The van der Waals surface area contributed by atoms with Gasteiger partial charge in [0.25, 0.3) is 0 Å². The van der Waals surface area contributed by atoms with Crippen molar-refractivity contribution < 1.29 is 4.74 Å². The third-order valence-corrected chi connectivity index (χ3v) is 5.22. The topological polar surface area (TPSA) is 67.6 Å². The number of aromatic nitrogens is 3. The molecule has 2 aromatic rings. The largest absolute Gasteiger partial charge is 0.496 e. The van der Waals surface area contributed by atoms with Crippen molar-refractivity contribution >= 4 is 5.96 Å². The molecule has 7 nitrogen and oxygen atoms in total. The van der Waals surface area contributed by atoms with E-state index in [9.17, 15) is 0 Å². The van der Waals surface area contributed by atoms with Gasteiger partial charge in [-0.2, -0.15) is 0 Å². The zero-order chi connectivity index (χ0) is 19.8. The standard InChI is InChI=1S/C21H32N6O/c1-22-21(26(2)16-17-10-6-7-11-18(17)28-3)23-14-9-13-20-25-24-19-12-5-4-8-15-27(19)20/h6-7,10-11H,4-5,8-9,12-16H2,1-3H3,(H,22,23). The average molecular weight is 385 g/mol. The van der Waals surface area contributed by atoms with E-state index in [2.05, 4.69) is 36.0 Å². The molecule has 0 spiro atoms. The maximum Gasteiger partial charge on any atom is 0.193 e. The highest BCUT2D eigenvalue weighted by Gasteiger charge is 2.14. The van der Waals surface area contributed by atoms with Crippen molar-refractivity contribution in [2.75, 3.05) is 27.7 Å². The minimum absolute atomic E-state index is 0.737. The Hall–Kier alpha value is -2.57. The molecule has 0 aliphatic carbocycles. The molecule has 0 atom stereocenters. The molecule has 0 bridgehead atoms. The van der Waals surface area contributed by atoms with Crippen molar-refractivity contribution in [3.05, 3.63) is 41.5 Å². The number of para-hydroxylation sites is 1. The van der Waals surface area contributed by atoms with Crippen LogP contribution in [0.2, 0.25) is 0 Å². The Balaban J connectivity index is 1.49. The third kappa shape index (κ3) is 5.03. The van der Waals surface area contributed by atoms with Gasteiger partial charge in [0.05, 0.1) is 7.11 Å². The fraction of sp³-hybridized carbons (Fsp3) is 0.571. The van der Waals surface area contributed by atoms with Crippen LogP contribution in [-0.4, -0.2) is 53.4 Å².